The van der Waals surface area contributed by atoms with Crippen molar-refractivity contribution < 1.29 is 9.13 Å². The molecule has 0 radical (unpaired) electrons. The Labute approximate surface area is 104 Å². The van der Waals surface area contributed by atoms with Crippen molar-refractivity contribution in [2.24, 2.45) is 7.05 Å². The summed E-state index contributed by atoms with van der Waals surface area (Å²) < 4.78 is 20.4. The number of nitrogens with zero attached hydrogens (tertiary/aromatic N) is 2. The molecule has 0 spiro atoms. The largest absolute Gasteiger partial charge is 0.490 e. The molecule has 3 nitrogen and oxygen atoms in total. The molecule has 0 aliphatic carbocycles. The van der Waals surface area contributed by atoms with Crippen molar-refractivity contribution in [1.29, 1.82) is 0 Å². The molecule has 0 atom stereocenters. The van der Waals surface area contributed by atoms with Crippen molar-refractivity contribution >= 4 is 11.6 Å². The monoisotopic (exact) mass is 254 g/mol. The van der Waals surface area contributed by atoms with Gasteiger partial charge in [0.1, 0.15) is 0 Å². The lowest BCUT2D eigenvalue weighted by Crippen LogP contribution is -2.02. The minimum absolute atomic E-state index is 0.221. The third kappa shape index (κ3) is 3.20. The first-order chi connectivity index (χ1) is 8.15. The quantitative estimate of drug-likeness (QED) is 0.839. The smallest absolute Gasteiger partial charge is 0.166 e. The normalized spacial score (nSPS) is 10.5. The molecule has 0 aliphatic rings. The Bertz CT molecular complexity index is 513. The summed E-state index contributed by atoms with van der Waals surface area (Å²) in [7, 11) is 1.85. The molecule has 0 aliphatic heterocycles. The van der Waals surface area contributed by atoms with Gasteiger partial charge in [0.05, 0.1) is 12.8 Å². The second-order valence-electron chi connectivity index (χ2n) is 3.70. The molecule has 1 heterocycles. The highest BCUT2D eigenvalue weighted by Crippen LogP contribution is 2.21. The molecule has 2 rings (SSSR count). The van der Waals surface area contributed by atoms with E-state index in [1.165, 1.54) is 12.1 Å². The predicted octanol–water partition coefficient (Wildman–Crippen LogP) is 2.83. The van der Waals surface area contributed by atoms with Gasteiger partial charge in [0, 0.05) is 24.7 Å². The molecule has 0 saturated carbocycles. The average molecular weight is 255 g/mol. The van der Waals surface area contributed by atoms with E-state index in [-0.39, 0.29) is 5.75 Å². The Morgan fingerprint density at radius 2 is 2.29 bits per heavy atom. The fourth-order valence-electron chi connectivity index (χ4n) is 1.47. The SMILES string of the molecule is Cn1cc(CCOc2ccc(Cl)cc2F)cn1. The first-order valence-electron chi connectivity index (χ1n) is 5.20. The zero-order valence-electron chi connectivity index (χ0n) is 9.36. The highest BCUT2D eigenvalue weighted by molar-refractivity contribution is 6.30. The minimum atomic E-state index is -0.441. The molecule has 0 saturated heterocycles. The van der Waals surface area contributed by atoms with Gasteiger partial charge in [-0.3, -0.25) is 4.68 Å². The van der Waals surface area contributed by atoms with Crippen LogP contribution >= 0.6 is 11.6 Å². The summed E-state index contributed by atoms with van der Waals surface area (Å²) in [5.41, 5.74) is 1.06. The van der Waals surface area contributed by atoms with Gasteiger partial charge in [0.25, 0.3) is 0 Å². The van der Waals surface area contributed by atoms with Crippen LogP contribution in [0.4, 0.5) is 4.39 Å². The van der Waals surface area contributed by atoms with E-state index in [0.29, 0.717) is 18.1 Å². The van der Waals surface area contributed by atoms with Gasteiger partial charge in [-0.15, -0.1) is 0 Å². The number of aromatic nitrogens is 2. The number of aryl methyl sites for hydroxylation is 1. The van der Waals surface area contributed by atoms with E-state index in [1.54, 1.807) is 16.9 Å². The van der Waals surface area contributed by atoms with Crippen LogP contribution < -0.4 is 4.74 Å². The molecule has 0 fully saturated rings. The highest BCUT2D eigenvalue weighted by Gasteiger charge is 2.04. The Morgan fingerprint density at radius 3 is 2.94 bits per heavy atom. The van der Waals surface area contributed by atoms with Gasteiger partial charge in [0.15, 0.2) is 11.6 Å². The summed E-state index contributed by atoms with van der Waals surface area (Å²) in [4.78, 5) is 0. The second kappa shape index (κ2) is 5.19. The molecule has 0 bridgehead atoms. The van der Waals surface area contributed by atoms with Crippen LogP contribution in [0.15, 0.2) is 30.6 Å². The van der Waals surface area contributed by atoms with Crippen LogP contribution in [0.3, 0.4) is 0 Å². The average Bonchev–Trinajstić information content (AvgIpc) is 2.68. The maximum Gasteiger partial charge on any atom is 0.166 e. The molecule has 0 unspecified atom stereocenters. The summed E-state index contributed by atoms with van der Waals surface area (Å²) in [6.07, 6.45) is 4.36. The van der Waals surface area contributed by atoms with Gasteiger partial charge in [-0.2, -0.15) is 5.10 Å². The summed E-state index contributed by atoms with van der Waals surface area (Å²) in [6.45, 7) is 0.407. The lowest BCUT2D eigenvalue weighted by Gasteiger charge is -2.06. The molecule has 17 heavy (non-hydrogen) atoms. The molecular formula is C12H12ClFN2O. The highest BCUT2D eigenvalue weighted by atomic mass is 35.5. The number of hydrogen-bond acceptors (Lipinski definition) is 2. The van der Waals surface area contributed by atoms with E-state index in [4.69, 9.17) is 16.3 Å². The van der Waals surface area contributed by atoms with E-state index in [0.717, 1.165) is 5.56 Å². The minimum Gasteiger partial charge on any atom is -0.490 e. The standard InChI is InChI=1S/C12H12ClFN2O/c1-16-8-9(7-15-16)4-5-17-12-3-2-10(13)6-11(12)14/h2-3,6-8H,4-5H2,1H3. The molecule has 90 valence electrons. The van der Waals surface area contributed by atoms with Crippen LogP contribution in [0.5, 0.6) is 5.75 Å². The van der Waals surface area contributed by atoms with Crippen molar-refractivity contribution in [2.45, 2.75) is 6.42 Å². The topological polar surface area (TPSA) is 27.1 Å². The van der Waals surface area contributed by atoms with Gasteiger partial charge < -0.3 is 4.74 Å². The van der Waals surface area contributed by atoms with E-state index in [9.17, 15) is 4.39 Å². The third-order valence-electron chi connectivity index (χ3n) is 2.30. The summed E-state index contributed by atoms with van der Waals surface area (Å²) in [6, 6.07) is 4.37. The van der Waals surface area contributed by atoms with E-state index in [1.807, 2.05) is 13.2 Å². The van der Waals surface area contributed by atoms with Crippen LogP contribution in [-0.4, -0.2) is 16.4 Å². The lowest BCUT2D eigenvalue weighted by atomic mass is 10.3. The van der Waals surface area contributed by atoms with Crippen molar-refractivity contribution in [3.05, 3.63) is 47.0 Å². The number of benzene rings is 1. The van der Waals surface area contributed by atoms with Gasteiger partial charge >= 0.3 is 0 Å². The first-order valence-corrected chi connectivity index (χ1v) is 5.58. The molecule has 2 aromatic rings. The molecule has 0 amide bonds. The first kappa shape index (κ1) is 11.9. The van der Waals surface area contributed by atoms with Crippen molar-refractivity contribution in [3.63, 3.8) is 0 Å². The Morgan fingerprint density at radius 1 is 1.47 bits per heavy atom. The lowest BCUT2D eigenvalue weighted by molar-refractivity contribution is 0.305. The predicted molar refractivity (Wildman–Crippen MR) is 63.8 cm³/mol. The van der Waals surface area contributed by atoms with Crippen LogP contribution in [0.25, 0.3) is 0 Å². The zero-order valence-corrected chi connectivity index (χ0v) is 10.1. The van der Waals surface area contributed by atoms with Gasteiger partial charge in [0.2, 0.25) is 0 Å². The molecule has 0 N–H and O–H groups in total. The van der Waals surface area contributed by atoms with Crippen LogP contribution in [0.2, 0.25) is 5.02 Å². The van der Waals surface area contributed by atoms with E-state index >= 15 is 0 Å². The fraction of sp³-hybridized carbons (Fsp3) is 0.250. The maximum absolute atomic E-state index is 13.4. The maximum atomic E-state index is 13.4. The van der Waals surface area contributed by atoms with Gasteiger partial charge in [-0.05, 0) is 23.8 Å². The Kier molecular flexibility index (Phi) is 3.64. The third-order valence-corrected chi connectivity index (χ3v) is 2.54. The zero-order chi connectivity index (χ0) is 12.3. The summed E-state index contributed by atoms with van der Waals surface area (Å²) >= 11 is 5.64. The van der Waals surface area contributed by atoms with E-state index in [2.05, 4.69) is 5.10 Å². The second-order valence-corrected chi connectivity index (χ2v) is 4.13. The molecule has 1 aromatic carbocycles. The van der Waals surface area contributed by atoms with Gasteiger partial charge in [-0.25, -0.2) is 4.39 Å². The van der Waals surface area contributed by atoms with Crippen LogP contribution in [0.1, 0.15) is 5.56 Å². The van der Waals surface area contributed by atoms with Crippen molar-refractivity contribution in [3.8, 4) is 5.75 Å². The Hall–Kier alpha value is -1.55. The fourth-order valence-corrected chi connectivity index (χ4v) is 1.63. The van der Waals surface area contributed by atoms with Crippen LogP contribution in [0, 0.1) is 5.82 Å². The van der Waals surface area contributed by atoms with Crippen molar-refractivity contribution in [2.75, 3.05) is 6.61 Å². The summed E-state index contributed by atoms with van der Waals surface area (Å²) in [5, 5.41) is 4.40. The number of rotatable bonds is 4. The van der Waals surface area contributed by atoms with Crippen molar-refractivity contribution in [1.82, 2.24) is 9.78 Å². The van der Waals surface area contributed by atoms with E-state index < -0.39 is 5.82 Å². The van der Waals surface area contributed by atoms with Gasteiger partial charge in [-0.1, -0.05) is 11.6 Å². The van der Waals surface area contributed by atoms with Crippen LogP contribution in [-0.2, 0) is 13.5 Å². The summed E-state index contributed by atoms with van der Waals surface area (Å²) in [5.74, 6) is -0.220. The molecular weight excluding hydrogens is 243 g/mol. The molecule has 1 aromatic heterocycles. The molecule has 5 heteroatoms. The Balaban J connectivity index is 1.90. The number of ether oxygens (including phenoxy) is 1. The number of hydrogen-bond donors (Lipinski definition) is 0. The number of halogens is 2.